The van der Waals surface area contributed by atoms with Gasteiger partial charge in [0.05, 0.1) is 5.41 Å². The first-order valence-corrected chi connectivity index (χ1v) is 6.36. The van der Waals surface area contributed by atoms with E-state index in [0.717, 1.165) is 0 Å². The summed E-state index contributed by atoms with van der Waals surface area (Å²) >= 11 is 0. The van der Waals surface area contributed by atoms with Crippen molar-refractivity contribution in [1.82, 2.24) is 0 Å². The van der Waals surface area contributed by atoms with E-state index in [-0.39, 0.29) is 12.6 Å². The van der Waals surface area contributed by atoms with Gasteiger partial charge in [0.15, 0.2) is 5.90 Å². The maximum absolute atomic E-state index is 12.0. The quantitative estimate of drug-likeness (QED) is 0.456. The fourth-order valence-corrected chi connectivity index (χ4v) is 1.14. The molecule has 0 rings (SSSR count). The van der Waals surface area contributed by atoms with Gasteiger partial charge in [0, 0.05) is 19.2 Å². The highest BCUT2D eigenvalue weighted by Crippen LogP contribution is 2.22. The molecule has 0 heterocycles. The molecular formula is C14H26N2O3. The van der Waals surface area contributed by atoms with E-state index in [1.54, 1.807) is 13.8 Å². The summed E-state index contributed by atoms with van der Waals surface area (Å²) in [5, 5.41) is 0. The summed E-state index contributed by atoms with van der Waals surface area (Å²) in [6.45, 7) is 13.2. The van der Waals surface area contributed by atoms with E-state index in [1.165, 1.54) is 6.20 Å². The molecule has 110 valence electrons. The number of nitrogens with two attached hydrogens (primary N) is 1. The Labute approximate surface area is 115 Å². The summed E-state index contributed by atoms with van der Waals surface area (Å²) in [4.78, 5) is 16.0. The summed E-state index contributed by atoms with van der Waals surface area (Å²) in [7, 11) is 0. The summed E-state index contributed by atoms with van der Waals surface area (Å²) in [6, 6.07) is 0. The molecular weight excluding hydrogens is 244 g/mol. The molecule has 0 aromatic heterocycles. The van der Waals surface area contributed by atoms with E-state index in [2.05, 4.69) is 11.6 Å². The lowest BCUT2D eigenvalue weighted by Crippen LogP contribution is -2.37. The minimum Gasteiger partial charge on any atom is -0.480 e. The Kier molecular flexibility index (Phi) is 6.76. The van der Waals surface area contributed by atoms with Crippen molar-refractivity contribution in [2.75, 3.05) is 13.2 Å². The van der Waals surface area contributed by atoms with Gasteiger partial charge in [-0.3, -0.25) is 4.79 Å². The van der Waals surface area contributed by atoms with Crippen molar-refractivity contribution in [3.05, 3.63) is 12.8 Å². The van der Waals surface area contributed by atoms with Crippen molar-refractivity contribution in [2.45, 2.75) is 46.6 Å². The van der Waals surface area contributed by atoms with E-state index in [9.17, 15) is 4.79 Å². The van der Waals surface area contributed by atoms with Gasteiger partial charge >= 0.3 is 5.97 Å². The van der Waals surface area contributed by atoms with Gasteiger partial charge in [-0.2, -0.15) is 0 Å². The van der Waals surface area contributed by atoms with Crippen LogP contribution in [0.3, 0.4) is 0 Å². The topological polar surface area (TPSA) is 73.9 Å². The standard InChI is InChI=1S/C14H26N2O3/c1-7-16-11(8-9-15)18-10-14(5,6)12(17)19-13(2,3)4/h7H,1,8-10,15H2,2-6H3. The van der Waals surface area contributed by atoms with Gasteiger partial charge in [-0.1, -0.05) is 6.58 Å². The molecule has 0 spiro atoms. The van der Waals surface area contributed by atoms with E-state index in [0.29, 0.717) is 18.9 Å². The summed E-state index contributed by atoms with van der Waals surface area (Å²) in [5.41, 5.74) is 4.20. The lowest BCUT2D eigenvalue weighted by atomic mass is 9.94. The molecule has 19 heavy (non-hydrogen) atoms. The van der Waals surface area contributed by atoms with Crippen molar-refractivity contribution < 1.29 is 14.3 Å². The third kappa shape index (κ3) is 7.62. The molecule has 0 saturated carbocycles. The zero-order chi connectivity index (χ0) is 15.1. The minimum atomic E-state index is -0.746. The molecule has 5 nitrogen and oxygen atoms in total. The average Bonchev–Trinajstić information content (AvgIpc) is 2.24. The Bertz CT molecular complexity index is 341. The van der Waals surface area contributed by atoms with Crippen molar-refractivity contribution in [2.24, 2.45) is 16.1 Å². The molecule has 0 aliphatic heterocycles. The Balaban J connectivity index is 4.55. The van der Waals surface area contributed by atoms with E-state index >= 15 is 0 Å². The smallest absolute Gasteiger partial charge is 0.315 e. The van der Waals surface area contributed by atoms with Gasteiger partial charge in [0.1, 0.15) is 12.2 Å². The third-order valence-corrected chi connectivity index (χ3v) is 2.14. The predicted molar refractivity (Wildman–Crippen MR) is 76.9 cm³/mol. The maximum Gasteiger partial charge on any atom is 0.315 e. The minimum absolute atomic E-state index is 0.189. The normalized spacial score (nSPS) is 13.1. The molecule has 0 fully saturated rings. The highest BCUT2D eigenvalue weighted by Gasteiger charge is 2.33. The van der Waals surface area contributed by atoms with Gasteiger partial charge in [0.25, 0.3) is 0 Å². The van der Waals surface area contributed by atoms with Crippen LogP contribution in [0.4, 0.5) is 0 Å². The number of aliphatic imine (C=N–C) groups is 1. The zero-order valence-electron chi connectivity index (χ0n) is 12.7. The Hall–Kier alpha value is -1.36. The highest BCUT2D eigenvalue weighted by molar-refractivity contribution is 5.79. The van der Waals surface area contributed by atoms with E-state index < -0.39 is 11.0 Å². The number of hydrogen-bond donors (Lipinski definition) is 1. The van der Waals surface area contributed by atoms with Crippen LogP contribution in [-0.2, 0) is 14.3 Å². The number of nitrogens with zero attached hydrogens (tertiary/aromatic N) is 1. The Morgan fingerprint density at radius 2 is 1.89 bits per heavy atom. The van der Waals surface area contributed by atoms with Crippen LogP contribution in [0.2, 0.25) is 0 Å². The zero-order valence-corrected chi connectivity index (χ0v) is 12.7. The molecule has 0 aromatic carbocycles. The van der Waals surface area contributed by atoms with Gasteiger partial charge in [-0.05, 0) is 34.6 Å². The first-order valence-electron chi connectivity index (χ1n) is 6.36. The van der Waals surface area contributed by atoms with Crippen molar-refractivity contribution in [3.8, 4) is 0 Å². The van der Waals surface area contributed by atoms with Crippen LogP contribution in [0.1, 0.15) is 41.0 Å². The largest absolute Gasteiger partial charge is 0.480 e. The monoisotopic (exact) mass is 270 g/mol. The lowest BCUT2D eigenvalue weighted by molar-refractivity contribution is -0.167. The Morgan fingerprint density at radius 1 is 1.32 bits per heavy atom. The molecule has 5 heteroatoms. The second-order valence-corrected chi connectivity index (χ2v) is 5.92. The average molecular weight is 270 g/mol. The molecule has 0 aromatic rings. The number of ether oxygens (including phenoxy) is 2. The first-order chi connectivity index (χ1) is 8.62. The lowest BCUT2D eigenvalue weighted by Gasteiger charge is -2.28. The molecule has 0 amide bonds. The van der Waals surface area contributed by atoms with Crippen molar-refractivity contribution >= 4 is 11.9 Å². The van der Waals surface area contributed by atoms with E-state index in [1.807, 2.05) is 20.8 Å². The maximum atomic E-state index is 12.0. The van der Waals surface area contributed by atoms with E-state index in [4.69, 9.17) is 15.2 Å². The van der Waals surface area contributed by atoms with Crippen LogP contribution in [-0.4, -0.2) is 30.6 Å². The van der Waals surface area contributed by atoms with Crippen LogP contribution in [0.15, 0.2) is 17.8 Å². The number of rotatable bonds is 6. The Morgan fingerprint density at radius 3 is 2.32 bits per heavy atom. The number of hydrogen-bond acceptors (Lipinski definition) is 5. The summed E-state index contributed by atoms with van der Waals surface area (Å²) < 4.78 is 10.9. The number of carbonyl (C=O) groups is 1. The third-order valence-electron chi connectivity index (χ3n) is 2.14. The molecule has 2 N–H and O–H groups in total. The molecule has 0 aliphatic rings. The van der Waals surface area contributed by atoms with Crippen molar-refractivity contribution in [3.63, 3.8) is 0 Å². The predicted octanol–water partition coefficient (Wildman–Crippen LogP) is 2.26. The summed E-state index contributed by atoms with van der Waals surface area (Å²) in [5.74, 6) is 0.180. The molecule has 0 unspecified atom stereocenters. The van der Waals surface area contributed by atoms with Gasteiger partial charge < -0.3 is 15.2 Å². The molecule has 0 atom stereocenters. The second kappa shape index (κ2) is 7.28. The van der Waals surface area contributed by atoms with Gasteiger partial charge in [0.2, 0.25) is 0 Å². The fraction of sp³-hybridized carbons (Fsp3) is 0.714. The van der Waals surface area contributed by atoms with Crippen LogP contribution in [0.25, 0.3) is 0 Å². The van der Waals surface area contributed by atoms with Gasteiger partial charge in [-0.15, -0.1) is 0 Å². The fourth-order valence-electron chi connectivity index (χ4n) is 1.14. The first kappa shape index (κ1) is 17.6. The second-order valence-electron chi connectivity index (χ2n) is 5.92. The molecule has 0 radical (unpaired) electrons. The van der Waals surface area contributed by atoms with Crippen LogP contribution >= 0.6 is 0 Å². The molecule has 0 aliphatic carbocycles. The molecule has 0 bridgehead atoms. The van der Waals surface area contributed by atoms with Crippen LogP contribution in [0.5, 0.6) is 0 Å². The summed E-state index contributed by atoms with van der Waals surface area (Å²) in [6.07, 6.45) is 1.90. The number of carbonyl (C=O) groups excluding carboxylic acids is 1. The van der Waals surface area contributed by atoms with Gasteiger partial charge in [-0.25, -0.2) is 4.99 Å². The molecule has 0 saturated heterocycles. The van der Waals surface area contributed by atoms with Crippen LogP contribution in [0, 0.1) is 5.41 Å². The number of esters is 1. The highest BCUT2D eigenvalue weighted by atomic mass is 16.6. The SMILES string of the molecule is C=CN=C(CCN)OCC(C)(C)C(=O)OC(C)(C)C. The van der Waals surface area contributed by atoms with Crippen LogP contribution < -0.4 is 5.73 Å². The van der Waals surface area contributed by atoms with Crippen molar-refractivity contribution in [1.29, 1.82) is 0 Å².